The third-order valence-electron chi connectivity index (χ3n) is 3.01. The third-order valence-corrected chi connectivity index (χ3v) is 3.25. The van der Waals surface area contributed by atoms with Gasteiger partial charge in [0.1, 0.15) is 0 Å². The smallest absolute Gasteiger partial charge is 0.0977 e. The van der Waals surface area contributed by atoms with Crippen LogP contribution in [0.25, 0.3) is 0 Å². The lowest BCUT2D eigenvalue weighted by molar-refractivity contribution is -0.0123. The molecule has 0 saturated carbocycles. The monoisotopic (exact) mass is 299 g/mol. The lowest BCUT2D eigenvalue weighted by Crippen LogP contribution is -2.30. The van der Waals surface area contributed by atoms with E-state index in [0.717, 1.165) is 18.6 Å². The van der Waals surface area contributed by atoms with Crippen molar-refractivity contribution in [1.82, 2.24) is 0 Å². The van der Waals surface area contributed by atoms with Gasteiger partial charge in [-0.25, -0.2) is 0 Å². The number of hydrogen-bond donors (Lipinski definition) is 1. The average Bonchev–Trinajstić information content (AvgIpc) is 2.41. The van der Waals surface area contributed by atoms with Crippen molar-refractivity contribution in [2.24, 2.45) is 11.7 Å². The molecule has 0 bridgehead atoms. The van der Waals surface area contributed by atoms with Crippen LogP contribution in [0.5, 0.6) is 0 Å². The van der Waals surface area contributed by atoms with E-state index >= 15 is 0 Å². The Morgan fingerprint density at radius 3 is 2.60 bits per heavy atom. The van der Waals surface area contributed by atoms with Gasteiger partial charge < -0.3 is 15.2 Å². The molecule has 0 spiro atoms. The highest BCUT2D eigenvalue weighted by Gasteiger charge is 2.19. The summed E-state index contributed by atoms with van der Waals surface area (Å²) in [5.74, 6) is 0.539. The van der Waals surface area contributed by atoms with E-state index in [1.807, 2.05) is 24.3 Å². The molecule has 0 radical (unpaired) electrons. The first-order chi connectivity index (χ1) is 9.54. The summed E-state index contributed by atoms with van der Waals surface area (Å²) in [6, 6.07) is 7.65. The molecule has 4 heteroatoms. The molecule has 2 N–H and O–H groups in total. The maximum Gasteiger partial charge on any atom is 0.0977 e. The zero-order valence-electron chi connectivity index (χ0n) is 12.6. The van der Waals surface area contributed by atoms with Crippen LogP contribution in [0.4, 0.5) is 0 Å². The molecule has 0 amide bonds. The topological polar surface area (TPSA) is 44.5 Å². The van der Waals surface area contributed by atoms with Crippen molar-refractivity contribution in [2.45, 2.75) is 39.3 Å². The van der Waals surface area contributed by atoms with Gasteiger partial charge in [0.05, 0.1) is 19.3 Å². The highest BCUT2D eigenvalue weighted by molar-refractivity contribution is 6.30. The van der Waals surface area contributed by atoms with Gasteiger partial charge in [-0.15, -0.1) is 0 Å². The van der Waals surface area contributed by atoms with E-state index in [0.29, 0.717) is 24.2 Å². The van der Waals surface area contributed by atoms with E-state index in [4.69, 9.17) is 26.8 Å². The van der Waals surface area contributed by atoms with Crippen LogP contribution in [0.1, 0.15) is 38.9 Å². The summed E-state index contributed by atoms with van der Waals surface area (Å²) in [7, 11) is 0. The minimum atomic E-state index is -0.138. The SMILES string of the molecule is CCC(N)C(OCCOCC(C)C)c1cccc(Cl)c1. The van der Waals surface area contributed by atoms with Crippen LogP contribution in [0.3, 0.4) is 0 Å². The fourth-order valence-corrected chi connectivity index (χ4v) is 2.12. The summed E-state index contributed by atoms with van der Waals surface area (Å²) < 4.78 is 11.4. The molecule has 0 aliphatic carbocycles. The van der Waals surface area contributed by atoms with Gasteiger partial charge in [0, 0.05) is 17.7 Å². The molecular weight excluding hydrogens is 274 g/mol. The van der Waals surface area contributed by atoms with Crippen LogP contribution >= 0.6 is 11.6 Å². The number of ether oxygens (including phenoxy) is 2. The van der Waals surface area contributed by atoms with Gasteiger partial charge in [0.25, 0.3) is 0 Å². The molecule has 3 nitrogen and oxygen atoms in total. The van der Waals surface area contributed by atoms with E-state index < -0.39 is 0 Å². The third kappa shape index (κ3) is 6.23. The molecule has 0 aliphatic rings. The highest BCUT2D eigenvalue weighted by Crippen LogP contribution is 2.24. The Bertz CT molecular complexity index is 384. The number of nitrogens with two attached hydrogens (primary N) is 1. The van der Waals surface area contributed by atoms with Crippen molar-refractivity contribution in [2.75, 3.05) is 19.8 Å². The molecular formula is C16H26ClNO2. The largest absolute Gasteiger partial charge is 0.379 e. The van der Waals surface area contributed by atoms with Crippen LogP contribution in [0.2, 0.25) is 5.02 Å². The van der Waals surface area contributed by atoms with Crippen LogP contribution in [0, 0.1) is 5.92 Å². The second-order valence-corrected chi connectivity index (χ2v) is 5.82. The Labute approximate surface area is 127 Å². The fraction of sp³-hybridized carbons (Fsp3) is 0.625. The molecule has 0 heterocycles. The number of hydrogen-bond acceptors (Lipinski definition) is 3. The quantitative estimate of drug-likeness (QED) is 0.705. The number of halogens is 1. The standard InChI is InChI=1S/C16H26ClNO2/c1-4-15(18)16(13-6-5-7-14(17)10-13)20-9-8-19-11-12(2)3/h5-7,10,12,15-16H,4,8-9,11,18H2,1-3H3. The number of rotatable bonds is 9. The van der Waals surface area contributed by atoms with Crippen LogP contribution in [-0.2, 0) is 9.47 Å². The van der Waals surface area contributed by atoms with Gasteiger partial charge in [0.2, 0.25) is 0 Å². The zero-order valence-corrected chi connectivity index (χ0v) is 13.4. The molecule has 114 valence electrons. The summed E-state index contributed by atoms with van der Waals surface area (Å²) in [5, 5.41) is 0.704. The fourth-order valence-electron chi connectivity index (χ4n) is 1.92. The molecule has 0 aliphatic heterocycles. The number of benzene rings is 1. The van der Waals surface area contributed by atoms with Crippen LogP contribution in [0.15, 0.2) is 24.3 Å². The first kappa shape index (κ1) is 17.4. The van der Waals surface area contributed by atoms with Crippen molar-refractivity contribution >= 4 is 11.6 Å². The molecule has 20 heavy (non-hydrogen) atoms. The minimum Gasteiger partial charge on any atom is -0.379 e. The van der Waals surface area contributed by atoms with Crippen molar-refractivity contribution in [3.05, 3.63) is 34.9 Å². The predicted molar refractivity (Wildman–Crippen MR) is 84.1 cm³/mol. The molecule has 2 atom stereocenters. The molecule has 2 unspecified atom stereocenters. The Kier molecular flexibility index (Phi) is 8.15. The summed E-state index contributed by atoms with van der Waals surface area (Å²) in [5.41, 5.74) is 7.18. The predicted octanol–water partition coefficient (Wildman–Crippen LogP) is 3.81. The lowest BCUT2D eigenvalue weighted by Gasteiger charge is -2.24. The Hall–Kier alpha value is -0.610. The van der Waals surface area contributed by atoms with Crippen molar-refractivity contribution in [3.8, 4) is 0 Å². The average molecular weight is 300 g/mol. The minimum absolute atomic E-state index is 0.0430. The molecule has 1 rings (SSSR count). The van der Waals surface area contributed by atoms with E-state index in [-0.39, 0.29) is 12.1 Å². The van der Waals surface area contributed by atoms with Crippen molar-refractivity contribution < 1.29 is 9.47 Å². The van der Waals surface area contributed by atoms with Gasteiger partial charge in [-0.05, 0) is 30.0 Å². The molecule has 1 aromatic carbocycles. The summed E-state index contributed by atoms with van der Waals surface area (Å²) in [6.07, 6.45) is 0.714. The maximum atomic E-state index is 6.15. The summed E-state index contributed by atoms with van der Waals surface area (Å²) in [4.78, 5) is 0. The molecule has 0 fully saturated rings. The molecule has 0 aromatic heterocycles. The van der Waals surface area contributed by atoms with E-state index in [2.05, 4.69) is 20.8 Å². The first-order valence-corrected chi connectivity index (χ1v) is 7.62. The Balaban J connectivity index is 2.53. The highest BCUT2D eigenvalue weighted by atomic mass is 35.5. The van der Waals surface area contributed by atoms with Gasteiger partial charge in [-0.1, -0.05) is 44.5 Å². The second kappa shape index (κ2) is 9.35. The van der Waals surface area contributed by atoms with Crippen molar-refractivity contribution in [3.63, 3.8) is 0 Å². The normalized spacial score (nSPS) is 14.5. The summed E-state index contributed by atoms with van der Waals surface area (Å²) >= 11 is 6.03. The van der Waals surface area contributed by atoms with Crippen LogP contribution < -0.4 is 5.73 Å². The zero-order chi connectivity index (χ0) is 15.0. The van der Waals surface area contributed by atoms with E-state index in [1.54, 1.807) is 0 Å². The maximum absolute atomic E-state index is 6.15. The lowest BCUT2D eigenvalue weighted by atomic mass is 10.0. The summed E-state index contributed by atoms with van der Waals surface area (Å²) in [6.45, 7) is 8.19. The first-order valence-electron chi connectivity index (χ1n) is 7.25. The van der Waals surface area contributed by atoms with Crippen LogP contribution in [-0.4, -0.2) is 25.9 Å². The molecule has 0 saturated heterocycles. The van der Waals surface area contributed by atoms with Gasteiger partial charge in [-0.2, -0.15) is 0 Å². The van der Waals surface area contributed by atoms with Gasteiger partial charge >= 0.3 is 0 Å². The Morgan fingerprint density at radius 1 is 1.25 bits per heavy atom. The van der Waals surface area contributed by atoms with E-state index in [1.165, 1.54) is 0 Å². The van der Waals surface area contributed by atoms with Crippen molar-refractivity contribution in [1.29, 1.82) is 0 Å². The molecule has 1 aromatic rings. The second-order valence-electron chi connectivity index (χ2n) is 5.39. The van der Waals surface area contributed by atoms with Gasteiger partial charge in [0.15, 0.2) is 0 Å². The van der Waals surface area contributed by atoms with E-state index in [9.17, 15) is 0 Å². The Morgan fingerprint density at radius 2 is 2.00 bits per heavy atom. The van der Waals surface area contributed by atoms with Gasteiger partial charge in [-0.3, -0.25) is 0 Å².